The van der Waals surface area contributed by atoms with Gasteiger partial charge in [-0.25, -0.2) is 4.98 Å². The summed E-state index contributed by atoms with van der Waals surface area (Å²) in [5, 5.41) is 3.46. The van der Waals surface area contributed by atoms with Gasteiger partial charge in [0.25, 0.3) is 0 Å². The van der Waals surface area contributed by atoms with Crippen molar-refractivity contribution in [1.82, 2.24) is 10.3 Å². The Balaban J connectivity index is 1.95. The Labute approximate surface area is 117 Å². The van der Waals surface area contributed by atoms with E-state index in [1.165, 1.54) is 37.9 Å². The molecule has 1 aliphatic heterocycles. The highest BCUT2D eigenvalue weighted by molar-refractivity contribution is 5.42. The van der Waals surface area contributed by atoms with Crippen molar-refractivity contribution in [2.45, 2.75) is 52.6 Å². The predicted octanol–water partition coefficient (Wildman–Crippen LogP) is 3.21. The molecular formula is C16H27N3. The van der Waals surface area contributed by atoms with E-state index in [0.29, 0.717) is 6.04 Å². The summed E-state index contributed by atoms with van der Waals surface area (Å²) in [5.41, 5.74) is 1.33. The van der Waals surface area contributed by atoms with Gasteiger partial charge in [-0.05, 0) is 36.5 Å². The van der Waals surface area contributed by atoms with Crippen molar-refractivity contribution in [2.75, 3.05) is 18.0 Å². The molecule has 1 N–H and O–H groups in total. The number of hydrogen-bond acceptors (Lipinski definition) is 3. The Morgan fingerprint density at radius 1 is 1.47 bits per heavy atom. The highest BCUT2D eigenvalue weighted by atomic mass is 15.2. The van der Waals surface area contributed by atoms with Gasteiger partial charge < -0.3 is 10.2 Å². The maximum absolute atomic E-state index is 4.54. The van der Waals surface area contributed by atoms with Crippen LogP contribution in [0.5, 0.6) is 0 Å². The molecule has 1 fully saturated rings. The average molecular weight is 261 g/mol. The molecule has 0 radical (unpaired) electrons. The van der Waals surface area contributed by atoms with Crippen LogP contribution in [0.15, 0.2) is 18.3 Å². The van der Waals surface area contributed by atoms with E-state index < -0.39 is 0 Å². The Morgan fingerprint density at radius 3 is 3.05 bits per heavy atom. The third-order valence-corrected chi connectivity index (χ3v) is 3.83. The Morgan fingerprint density at radius 2 is 2.32 bits per heavy atom. The molecule has 0 spiro atoms. The van der Waals surface area contributed by atoms with Crippen molar-refractivity contribution >= 4 is 5.82 Å². The number of nitrogens with one attached hydrogen (secondary N) is 1. The third-order valence-electron chi connectivity index (χ3n) is 3.83. The van der Waals surface area contributed by atoms with Gasteiger partial charge in [-0.15, -0.1) is 0 Å². The number of nitrogens with zero attached hydrogens (tertiary/aromatic N) is 2. The van der Waals surface area contributed by atoms with Crippen molar-refractivity contribution in [3.8, 4) is 0 Å². The molecule has 2 heterocycles. The first-order chi connectivity index (χ1) is 9.19. The quantitative estimate of drug-likeness (QED) is 0.852. The summed E-state index contributed by atoms with van der Waals surface area (Å²) < 4.78 is 0. The first-order valence-electron chi connectivity index (χ1n) is 7.62. The SMILES string of the molecule is CCCC1CCN(c2cc(CNC(C)C)ccn2)C1. The molecule has 0 bridgehead atoms. The second-order valence-electron chi connectivity index (χ2n) is 5.95. The Hall–Kier alpha value is -1.09. The van der Waals surface area contributed by atoms with Crippen molar-refractivity contribution in [3.63, 3.8) is 0 Å². The molecule has 1 aromatic rings. The lowest BCUT2D eigenvalue weighted by Crippen LogP contribution is -2.23. The van der Waals surface area contributed by atoms with Gasteiger partial charge in [-0.2, -0.15) is 0 Å². The number of rotatable bonds is 6. The largest absolute Gasteiger partial charge is 0.356 e. The van der Waals surface area contributed by atoms with E-state index >= 15 is 0 Å². The molecule has 0 aromatic carbocycles. The molecule has 0 aliphatic carbocycles. The van der Waals surface area contributed by atoms with E-state index in [1.54, 1.807) is 0 Å². The normalized spacial score (nSPS) is 19.4. The van der Waals surface area contributed by atoms with Crippen LogP contribution >= 0.6 is 0 Å². The molecular weight excluding hydrogens is 234 g/mol. The first-order valence-corrected chi connectivity index (χ1v) is 7.62. The topological polar surface area (TPSA) is 28.2 Å². The standard InChI is InChI=1S/C16H27N3/c1-4-5-14-7-9-19(12-14)16-10-15(6-8-17-16)11-18-13(2)3/h6,8,10,13-14,18H,4-5,7,9,11-12H2,1-3H3. The smallest absolute Gasteiger partial charge is 0.128 e. The van der Waals surface area contributed by atoms with Gasteiger partial charge in [0.15, 0.2) is 0 Å². The summed E-state index contributed by atoms with van der Waals surface area (Å²) in [6.45, 7) is 9.91. The third kappa shape index (κ3) is 4.20. The number of anilines is 1. The highest BCUT2D eigenvalue weighted by Crippen LogP contribution is 2.25. The molecule has 1 aliphatic rings. The van der Waals surface area contributed by atoms with Gasteiger partial charge in [-0.1, -0.05) is 27.2 Å². The molecule has 1 saturated heterocycles. The van der Waals surface area contributed by atoms with E-state index in [4.69, 9.17) is 0 Å². The zero-order chi connectivity index (χ0) is 13.7. The molecule has 106 valence electrons. The summed E-state index contributed by atoms with van der Waals surface area (Å²) in [7, 11) is 0. The van der Waals surface area contributed by atoms with Crippen LogP contribution < -0.4 is 10.2 Å². The average Bonchev–Trinajstić information content (AvgIpc) is 2.86. The van der Waals surface area contributed by atoms with Crippen molar-refractivity contribution in [3.05, 3.63) is 23.9 Å². The molecule has 2 rings (SSSR count). The van der Waals surface area contributed by atoms with Crippen LogP contribution in [-0.4, -0.2) is 24.1 Å². The minimum Gasteiger partial charge on any atom is -0.356 e. The van der Waals surface area contributed by atoms with Gasteiger partial charge in [0.1, 0.15) is 5.82 Å². The molecule has 0 amide bonds. The summed E-state index contributed by atoms with van der Waals surface area (Å²) in [5.74, 6) is 2.02. The Bertz CT molecular complexity index is 389. The fourth-order valence-corrected chi connectivity index (χ4v) is 2.75. The van der Waals surface area contributed by atoms with Crippen molar-refractivity contribution in [1.29, 1.82) is 0 Å². The van der Waals surface area contributed by atoms with E-state index in [0.717, 1.165) is 18.3 Å². The van der Waals surface area contributed by atoms with Crippen LogP contribution in [0, 0.1) is 5.92 Å². The molecule has 1 atom stereocenters. The van der Waals surface area contributed by atoms with Gasteiger partial charge >= 0.3 is 0 Å². The minimum absolute atomic E-state index is 0.525. The van der Waals surface area contributed by atoms with Gasteiger partial charge in [0.05, 0.1) is 0 Å². The fourth-order valence-electron chi connectivity index (χ4n) is 2.75. The van der Waals surface area contributed by atoms with Gasteiger partial charge in [0, 0.05) is 31.9 Å². The minimum atomic E-state index is 0.525. The van der Waals surface area contributed by atoms with E-state index in [2.05, 4.69) is 48.1 Å². The van der Waals surface area contributed by atoms with Gasteiger partial charge in [-0.3, -0.25) is 0 Å². The monoisotopic (exact) mass is 261 g/mol. The summed E-state index contributed by atoms with van der Waals surface area (Å²) in [6.07, 6.45) is 5.92. The lowest BCUT2D eigenvalue weighted by molar-refractivity contribution is 0.529. The van der Waals surface area contributed by atoms with Crippen LogP contribution in [0.2, 0.25) is 0 Å². The zero-order valence-corrected chi connectivity index (χ0v) is 12.5. The Kier molecular flexibility index (Phi) is 5.20. The molecule has 19 heavy (non-hydrogen) atoms. The maximum atomic E-state index is 4.54. The second kappa shape index (κ2) is 6.90. The van der Waals surface area contributed by atoms with Crippen LogP contribution in [-0.2, 0) is 6.54 Å². The van der Waals surface area contributed by atoms with Gasteiger partial charge in [0.2, 0.25) is 0 Å². The molecule has 3 heteroatoms. The van der Waals surface area contributed by atoms with Crippen molar-refractivity contribution in [2.24, 2.45) is 5.92 Å². The number of pyridine rings is 1. The van der Waals surface area contributed by atoms with Crippen LogP contribution in [0.1, 0.15) is 45.6 Å². The summed E-state index contributed by atoms with van der Waals surface area (Å²) in [6, 6.07) is 4.87. The molecule has 1 unspecified atom stereocenters. The van der Waals surface area contributed by atoms with E-state index in [1.807, 2.05) is 6.20 Å². The molecule has 1 aromatic heterocycles. The van der Waals surface area contributed by atoms with Crippen LogP contribution in [0.4, 0.5) is 5.82 Å². The predicted molar refractivity (Wildman–Crippen MR) is 81.4 cm³/mol. The second-order valence-corrected chi connectivity index (χ2v) is 5.95. The molecule has 0 saturated carbocycles. The van der Waals surface area contributed by atoms with E-state index in [9.17, 15) is 0 Å². The fraction of sp³-hybridized carbons (Fsp3) is 0.688. The van der Waals surface area contributed by atoms with Crippen LogP contribution in [0.3, 0.4) is 0 Å². The first kappa shape index (κ1) is 14.3. The highest BCUT2D eigenvalue weighted by Gasteiger charge is 2.22. The van der Waals surface area contributed by atoms with Crippen LogP contribution in [0.25, 0.3) is 0 Å². The van der Waals surface area contributed by atoms with E-state index in [-0.39, 0.29) is 0 Å². The zero-order valence-electron chi connectivity index (χ0n) is 12.5. The maximum Gasteiger partial charge on any atom is 0.128 e. The molecule has 3 nitrogen and oxygen atoms in total. The summed E-state index contributed by atoms with van der Waals surface area (Å²) >= 11 is 0. The number of hydrogen-bond donors (Lipinski definition) is 1. The van der Waals surface area contributed by atoms with Crippen molar-refractivity contribution < 1.29 is 0 Å². The summed E-state index contributed by atoms with van der Waals surface area (Å²) in [4.78, 5) is 6.98. The number of aromatic nitrogens is 1. The lowest BCUT2D eigenvalue weighted by Gasteiger charge is -2.18. The lowest BCUT2D eigenvalue weighted by atomic mass is 10.0.